The largest absolute Gasteiger partial charge is 0.286 e. The first kappa shape index (κ1) is 8.50. The number of hydrogen-bond donors (Lipinski definition) is 0. The molecule has 0 aliphatic heterocycles. The number of carbonyl (C=O) groups is 2. The fourth-order valence-corrected chi connectivity index (χ4v) is 1.32. The zero-order chi connectivity index (χ0) is 10.1. The van der Waals surface area contributed by atoms with Crippen LogP contribution in [0.1, 0.15) is 15.9 Å². The first-order chi connectivity index (χ1) is 6.72. The third-order valence-electron chi connectivity index (χ3n) is 2.02. The van der Waals surface area contributed by atoms with Crippen molar-refractivity contribution < 1.29 is 9.59 Å². The minimum atomic E-state index is -0.590. The van der Waals surface area contributed by atoms with Gasteiger partial charge < -0.3 is 0 Å². The number of nitroso groups, excluding NO2 is 1. The highest BCUT2D eigenvalue weighted by atomic mass is 16.3. The number of Topliss-reactive ketones (excluding diaryl/α,β-unsaturated/α-hetero) is 1. The Bertz CT molecular complexity index is 474. The topological polar surface area (TPSA) is 63.6 Å². The van der Waals surface area contributed by atoms with Crippen molar-refractivity contribution in [1.29, 1.82) is 0 Å². The summed E-state index contributed by atoms with van der Waals surface area (Å²) in [6, 6.07) is 4.41. The van der Waals surface area contributed by atoms with Crippen LogP contribution in [-0.2, 0) is 4.79 Å². The number of allylic oxidation sites excluding steroid dienone is 1. The number of fused-ring (bicyclic) bond motifs is 1. The van der Waals surface area contributed by atoms with Crippen molar-refractivity contribution in [3.8, 4) is 0 Å². The Morgan fingerprint density at radius 2 is 1.86 bits per heavy atom. The Hall–Kier alpha value is -2.10. The molecular weight excluding hydrogens is 182 g/mol. The van der Waals surface area contributed by atoms with Crippen LogP contribution in [0.4, 0.5) is 5.69 Å². The van der Waals surface area contributed by atoms with Crippen LogP contribution >= 0.6 is 0 Å². The van der Waals surface area contributed by atoms with Crippen molar-refractivity contribution in [2.45, 2.75) is 0 Å². The molecule has 0 fully saturated rings. The second-order valence-corrected chi connectivity index (χ2v) is 2.89. The van der Waals surface area contributed by atoms with E-state index in [1.54, 1.807) is 12.1 Å². The molecule has 0 amide bonds. The summed E-state index contributed by atoms with van der Waals surface area (Å²) < 4.78 is 0. The summed E-state index contributed by atoms with van der Waals surface area (Å²) in [7, 11) is 0. The molecule has 1 aliphatic carbocycles. The Morgan fingerprint density at radius 1 is 1.07 bits per heavy atom. The molecular formula is C10H5NO3. The molecule has 1 aliphatic rings. The summed E-state index contributed by atoms with van der Waals surface area (Å²) in [6.45, 7) is 0. The van der Waals surface area contributed by atoms with Gasteiger partial charge in [0.1, 0.15) is 5.69 Å². The van der Waals surface area contributed by atoms with Crippen molar-refractivity contribution in [3.05, 3.63) is 40.3 Å². The lowest BCUT2D eigenvalue weighted by Gasteiger charge is -2.07. The molecule has 0 N–H and O–H groups in total. The smallest absolute Gasteiger partial charge is 0.233 e. The number of carbonyl (C=O) groups excluding carboxylic acids is 2. The van der Waals surface area contributed by atoms with Gasteiger partial charge in [-0.05, 0) is 28.9 Å². The fourth-order valence-electron chi connectivity index (χ4n) is 1.32. The van der Waals surface area contributed by atoms with Crippen molar-refractivity contribution in [3.63, 3.8) is 0 Å². The van der Waals surface area contributed by atoms with Crippen LogP contribution in [0.15, 0.2) is 29.5 Å². The molecule has 4 heteroatoms. The lowest BCUT2D eigenvalue weighted by atomic mass is 9.95. The highest BCUT2D eigenvalue weighted by Crippen LogP contribution is 2.22. The van der Waals surface area contributed by atoms with Crippen molar-refractivity contribution in [1.82, 2.24) is 0 Å². The van der Waals surface area contributed by atoms with Crippen LogP contribution in [-0.4, -0.2) is 11.6 Å². The molecule has 0 radical (unpaired) electrons. The number of hydrogen-bond acceptors (Lipinski definition) is 4. The predicted octanol–water partition coefficient (Wildman–Crippen LogP) is 1.86. The molecule has 1 aromatic rings. The van der Waals surface area contributed by atoms with Gasteiger partial charge in [0.15, 0.2) is 0 Å². The van der Waals surface area contributed by atoms with Gasteiger partial charge >= 0.3 is 0 Å². The molecule has 14 heavy (non-hydrogen) atoms. The molecule has 0 saturated carbocycles. The monoisotopic (exact) mass is 187 g/mol. The minimum Gasteiger partial charge on any atom is -0.286 e. The van der Waals surface area contributed by atoms with E-state index in [1.807, 2.05) is 0 Å². The van der Waals surface area contributed by atoms with Crippen molar-refractivity contribution in [2.24, 2.45) is 5.18 Å². The predicted molar refractivity (Wildman–Crippen MR) is 50.3 cm³/mol. The van der Waals surface area contributed by atoms with E-state index in [0.717, 1.165) is 0 Å². The van der Waals surface area contributed by atoms with E-state index in [4.69, 9.17) is 0 Å². The molecule has 1 aromatic carbocycles. The normalized spacial score (nSPS) is 14.0. The molecule has 0 spiro atoms. The molecule has 0 aromatic heterocycles. The van der Waals surface area contributed by atoms with Crippen LogP contribution < -0.4 is 0 Å². The Labute approximate surface area is 79.2 Å². The molecule has 0 heterocycles. The van der Waals surface area contributed by atoms with Crippen LogP contribution in [0.3, 0.4) is 0 Å². The Kier molecular flexibility index (Phi) is 1.81. The summed E-state index contributed by atoms with van der Waals surface area (Å²) in [4.78, 5) is 32.6. The lowest BCUT2D eigenvalue weighted by Crippen LogP contribution is -2.15. The van der Waals surface area contributed by atoms with Crippen LogP contribution in [0, 0.1) is 4.91 Å². The quantitative estimate of drug-likeness (QED) is 0.498. The van der Waals surface area contributed by atoms with E-state index in [0.29, 0.717) is 5.56 Å². The Balaban J connectivity index is 2.64. The van der Waals surface area contributed by atoms with Gasteiger partial charge in [-0.3, -0.25) is 9.59 Å². The SMILES string of the molecule is O=Nc1ccc2c(c1)C(=O)C(=O)C=C2. The first-order valence-electron chi connectivity index (χ1n) is 3.96. The fraction of sp³-hybridized carbons (Fsp3) is 0. The maximum Gasteiger partial charge on any atom is 0.233 e. The highest BCUT2D eigenvalue weighted by Gasteiger charge is 2.20. The van der Waals surface area contributed by atoms with Gasteiger partial charge in [0, 0.05) is 5.56 Å². The van der Waals surface area contributed by atoms with E-state index < -0.39 is 11.6 Å². The molecule has 0 saturated heterocycles. The van der Waals surface area contributed by atoms with Gasteiger partial charge in [-0.1, -0.05) is 12.1 Å². The van der Waals surface area contributed by atoms with Gasteiger partial charge in [-0.2, -0.15) is 0 Å². The number of nitrogens with zero attached hydrogens (tertiary/aromatic N) is 1. The minimum absolute atomic E-state index is 0.153. The maximum absolute atomic E-state index is 11.3. The van der Waals surface area contributed by atoms with Crippen LogP contribution in [0.25, 0.3) is 6.08 Å². The van der Waals surface area contributed by atoms with E-state index in [1.165, 1.54) is 18.2 Å². The van der Waals surface area contributed by atoms with Crippen molar-refractivity contribution >= 4 is 23.3 Å². The second kappa shape index (κ2) is 2.99. The second-order valence-electron chi connectivity index (χ2n) is 2.89. The van der Waals surface area contributed by atoms with Gasteiger partial charge in [-0.25, -0.2) is 0 Å². The highest BCUT2D eigenvalue weighted by molar-refractivity contribution is 6.50. The van der Waals surface area contributed by atoms with E-state index in [9.17, 15) is 14.5 Å². The van der Waals surface area contributed by atoms with E-state index >= 15 is 0 Å². The molecule has 0 atom stereocenters. The lowest BCUT2D eigenvalue weighted by molar-refractivity contribution is -0.110. The van der Waals surface area contributed by atoms with Crippen LogP contribution in [0.5, 0.6) is 0 Å². The van der Waals surface area contributed by atoms with Crippen LogP contribution in [0.2, 0.25) is 0 Å². The first-order valence-corrected chi connectivity index (χ1v) is 3.96. The third-order valence-corrected chi connectivity index (χ3v) is 2.02. The summed E-state index contributed by atoms with van der Waals surface area (Å²) >= 11 is 0. The third kappa shape index (κ3) is 1.17. The average molecular weight is 187 g/mol. The maximum atomic E-state index is 11.3. The standard InChI is InChI=1S/C10H5NO3/c12-9-4-2-6-1-3-7(11-14)5-8(6)10(9)13/h1-5H. The molecule has 0 unspecified atom stereocenters. The average Bonchev–Trinajstić information content (AvgIpc) is 2.23. The summed E-state index contributed by atoms with van der Waals surface area (Å²) in [5, 5.41) is 2.70. The zero-order valence-corrected chi connectivity index (χ0v) is 7.06. The van der Waals surface area contributed by atoms with Crippen molar-refractivity contribution in [2.75, 3.05) is 0 Å². The molecule has 0 bridgehead atoms. The number of benzene rings is 1. The molecule has 4 nitrogen and oxygen atoms in total. The van der Waals surface area contributed by atoms with E-state index in [-0.39, 0.29) is 11.3 Å². The summed E-state index contributed by atoms with van der Waals surface area (Å²) in [5.74, 6) is -1.16. The summed E-state index contributed by atoms with van der Waals surface area (Å²) in [5.41, 5.74) is 1.04. The summed E-state index contributed by atoms with van der Waals surface area (Å²) in [6.07, 6.45) is 2.77. The zero-order valence-electron chi connectivity index (χ0n) is 7.06. The Morgan fingerprint density at radius 3 is 2.57 bits per heavy atom. The van der Waals surface area contributed by atoms with Gasteiger partial charge in [0.2, 0.25) is 11.6 Å². The van der Waals surface area contributed by atoms with Gasteiger partial charge in [-0.15, -0.1) is 4.91 Å². The van der Waals surface area contributed by atoms with Gasteiger partial charge in [0.25, 0.3) is 0 Å². The van der Waals surface area contributed by atoms with E-state index in [2.05, 4.69) is 5.18 Å². The number of rotatable bonds is 1. The number of ketones is 2. The van der Waals surface area contributed by atoms with Gasteiger partial charge in [0.05, 0.1) is 0 Å². The molecule has 68 valence electrons. The molecule has 2 rings (SSSR count).